The number of amides is 1. The standard InChI is InChI=1S/C15H20BrN5O2/c1-15(2,3)23-14(22)21(10-13-17-7-4-8-18-13)9-11-5-6-12(16)20-19-11/h5-7H,4,8-10H2,1-3H3. The molecule has 0 saturated heterocycles. The van der Waals surface area contributed by atoms with E-state index in [-0.39, 0.29) is 13.1 Å². The smallest absolute Gasteiger partial charge is 0.411 e. The number of amidine groups is 1. The number of carbonyl (C=O) groups excluding carboxylic acids is 1. The molecule has 0 saturated carbocycles. The lowest BCUT2D eigenvalue weighted by atomic mass is 10.2. The van der Waals surface area contributed by atoms with Crippen molar-refractivity contribution in [3.63, 3.8) is 0 Å². The van der Waals surface area contributed by atoms with Crippen LogP contribution in [0.2, 0.25) is 0 Å². The van der Waals surface area contributed by atoms with Crippen molar-refractivity contribution in [2.24, 2.45) is 9.98 Å². The normalized spacial score (nSPS) is 14.3. The highest BCUT2D eigenvalue weighted by Gasteiger charge is 2.24. The monoisotopic (exact) mass is 381 g/mol. The minimum absolute atomic E-state index is 0.281. The van der Waals surface area contributed by atoms with Gasteiger partial charge in [-0.2, -0.15) is 5.10 Å². The highest BCUT2D eigenvalue weighted by Crippen LogP contribution is 2.13. The lowest BCUT2D eigenvalue weighted by molar-refractivity contribution is 0.0261. The molecule has 0 fully saturated rings. The number of aliphatic imine (C=N–C) groups is 2. The number of aromatic nitrogens is 2. The topological polar surface area (TPSA) is 80.0 Å². The number of carbonyl (C=O) groups is 1. The first-order chi connectivity index (χ1) is 10.8. The molecule has 0 spiro atoms. The largest absolute Gasteiger partial charge is 0.444 e. The lowest BCUT2D eigenvalue weighted by Crippen LogP contribution is -2.39. The Hall–Kier alpha value is -1.83. The third-order valence-electron chi connectivity index (χ3n) is 2.82. The van der Waals surface area contributed by atoms with Crippen LogP contribution in [0.5, 0.6) is 0 Å². The Labute approximate surface area is 144 Å². The lowest BCUT2D eigenvalue weighted by Gasteiger charge is -2.27. The van der Waals surface area contributed by atoms with Gasteiger partial charge in [0.05, 0.1) is 18.8 Å². The van der Waals surface area contributed by atoms with E-state index in [9.17, 15) is 4.79 Å². The van der Waals surface area contributed by atoms with E-state index < -0.39 is 11.7 Å². The second-order valence-corrected chi connectivity index (χ2v) is 6.89. The van der Waals surface area contributed by atoms with Crippen molar-refractivity contribution in [2.75, 3.05) is 13.1 Å². The molecular formula is C15H20BrN5O2. The molecule has 1 aliphatic heterocycles. The van der Waals surface area contributed by atoms with Gasteiger partial charge < -0.3 is 4.74 Å². The molecule has 1 amide bonds. The van der Waals surface area contributed by atoms with Crippen LogP contribution < -0.4 is 0 Å². The van der Waals surface area contributed by atoms with Gasteiger partial charge in [0.25, 0.3) is 0 Å². The van der Waals surface area contributed by atoms with E-state index in [0.717, 1.165) is 6.42 Å². The Morgan fingerprint density at radius 3 is 2.65 bits per heavy atom. The highest BCUT2D eigenvalue weighted by molar-refractivity contribution is 9.10. The quantitative estimate of drug-likeness (QED) is 0.802. The van der Waals surface area contributed by atoms with Crippen molar-refractivity contribution < 1.29 is 9.53 Å². The number of hydrogen-bond donors (Lipinski definition) is 0. The average molecular weight is 382 g/mol. The van der Waals surface area contributed by atoms with E-state index in [1.807, 2.05) is 27.0 Å². The van der Waals surface area contributed by atoms with E-state index in [1.54, 1.807) is 12.1 Å². The van der Waals surface area contributed by atoms with Crippen LogP contribution in [0.1, 0.15) is 32.9 Å². The van der Waals surface area contributed by atoms with E-state index in [0.29, 0.717) is 22.7 Å². The minimum Gasteiger partial charge on any atom is -0.444 e. The number of hydrogen-bond acceptors (Lipinski definition) is 6. The van der Waals surface area contributed by atoms with E-state index in [1.165, 1.54) is 4.90 Å². The molecule has 124 valence electrons. The van der Waals surface area contributed by atoms with Crippen LogP contribution in [-0.4, -0.2) is 51.9 Å². The number of rotatable bonds is 4. The molecule has 0 unspecified atom stereocenters. The van der Waals surface area contributed by atoms with Gasteiger partial charge in [-0.1, -0.05) is 0 Å². The maximum atomic E-state index is 12.4. The molecule has 1 aromatic heterocycles. The van der Waals surface area contributed by atoms with Gasteiger partial charge in [-0.15, -0.1) is 5.10 Å². The van der Waals surface area contributed by atoms with Crippen molar-refractivity contribution in [1.29, 1.82) is 0 Å². The van der Waals surface area contributed by atoms with Crippen LogP contribution in [0.3, 0.4) is 0 Å². The predicted octanol–water partition coefficient (Wildman–Crippen LogP) is 2.85. The maximum Gasteiger partial charge on any atom is 0.411 e. The molecule has 2 heterocycles. The van der Waals surface area contributed by atoms with Gasteiger partial charge in [-0.3, -0.25) is 9.89 Å². The maximum absolute atomic E-state index is 12.4. The summed E-state index contributed by atoms with van der Waals surface area (Å²) in [5, 5.41) is 8.01. The van der Waals surface area contributed by atoms with Crippen LogP contribution in [0.4, 0.5) is 4.79 Å². The van der Waals surface area contributed by atoms with Crippen LogP contribution in [0.25, 0.3) is 0 Å². The number of nitrogens with zero attached hydrogens (tertiary/aromatic N) is 5. The molecule has 2 rings (SSSR count). The third kappa shape index (κ3) is 6.05. The Kier molecular flexibility index (Phi) is 5.81. The fourth-order valence-electron chi connectivity index (χ4n) is 1.86. The van der Waals surface area contributed by atoms with Gasteiger partial charge in [0.1, 0.15) is 16.0 Å². The molecule has 0 radical (unpaired) electrons. The zero-order valence-corrected chi connectivity index (χ0v) is 15.1. The fourth-order valence-corrected chi connectivity index (χ4v) is 2.07. The zero-order chi connectivity index (χ0) is 16.9. The van der Waals surface area contributed by atoms with Crippen LogP contribution in [-0.2, 0) is 11.3 Å². The second kappa shape index (κ2) is 7.63. The number of halogens is 1. The van der Waals surface area contributed by atoms with Gasteiger partial charge in [0, 0.05) is 19.2 Å². The van der Waals surface area contributed by atoms with Gasteiger partial charge in [0.15, 0.2) is 0 Å². The molecular weight excluding hydrogens is 362 g/mol. The summed E-state index contributed by atoms with van der Waals surface area (Å²) in [6.45, 7) is 6.75. The van der Waals surface area contributed by atoms with E-state index >= 15 is 0 Å². The molecule has 7 nitrogen and oxygen atoms in total. The Balaban J connectivity index is 2.12. The second-order valence-electron chi connectivity index (χ2n) is 6.08. The minimum atomic E-state index is -0.571. The SMILES string of the molecule is CC(C)(C)OC(=O)N(CC1=NCCC=N1)Cc1ccc(Br)nn1. The molecule has 23 heavy (non-hydrogen) atoms. The zero-order valence-electron chi connectivity index (χ0n) is 13.5. The first-order valence-electron chi connectivity index (χ1n) is 7.35. The van der Waals surface area contributed by atoms with E-state index in [4.69, 9.17) is 4.74 Å². The summed E-state index contributed by atoms with van der Waals surface area (Å²) in [4.78, 5) is 22.5. The van der Waals surface area contributed by atoms with Gasteiger partial charge >= 0.3 is 6.09 Å². The third-order valence-corrected chi connectivity index (χ3v) is 3.24. The molecule has 0 aliphatic carbocycles. The van der Waals surface area contributed by atoms with Crippen molar-refractivity contribution in [3.8, 4) is 0 Å². The Morgan fingerprint density at radius 2 is 2.09 bits per heavy atom. The summed E-state index contributed by atoms with van der Waals surface area (Å²) in [7, 11) is 0. The van der Waals surface area contributed by atoms with Gasteiger partial charge in [0.2, 0.25) is 0 Å². The van der Waals surface area contributed by atoms with Crippen LogP contribution in [0.15, 0.2) is 26.7 Å². The van der Waals surface area contributed by atoms with E-state index in [2.05, 4.69) is 36.1 Å². The Morgan fingerprint density at radius 1 is 1.30 bits per heavy atom. The summed E-state index contributed by atoms with van der Waals surface area (Å²) >= 11 is 3.24. The van der Waals surface area contributed by atoms with Crippen LogP contribution in [0, 0.1) is 0 Å². The first-order valence-corrected chi connectivity index (χ1v) is 8.15. The average Bonchev–Trinajstić information content (AvgIpc) is 2.48. The number of ether oxygens (including phenoxy) is 1. The fraction of sp³-hybridized carbons (Fsp3) is 0.533. The highest BCUT2D eigenvalue weighted by atomic mass is 79.9. The van der Waals surface area contributed by atoms with Crippen molar-refractivity contribution in [3.05, 3.63) is 22.4 Å². The van der Waals surface area contributed by atoms with Crippen molar-refractivity contribution >= 4 is 34.1 Å². The van der Waals surface area contributed by atoms with Gasteiger partial charge in [-0.05, 0) is 48.8 Å². The molecule has 1 aromatic rings. The molecule has 8 heteroatoms. The summed E-state index contributed by atoms with van der Waals surface area (Å²) in [6, 6.07) is 3.59. The molecule has 0 atom stereocenters. The molecule has 1 aliphatic rings. The molecule has 0 aromatic carbocycles. The summed E-state index contributed by atoms with van der Waals surface area (Å²) in [6.07, 6.45) is 2.22. The van der Waals surface area contributed by atoms with Crippen molar-refractivity contribution in [1.82, 2.24) is 15.1 Å². The summed E-state index contributed by atoms with van der Waals surface area (Å²) in [5.41, 5.74) is 0.0951. The van der Waals surface area contributed by atoms with Crippen molar-refractivity contribution in [2.45, 2.75) is 39.3 Å². The van der Waals surface area contributed by atoms with Crippen LogP contribution >= 0.6 is 15.9 Å². The predicted molar refractivity (Wildman–Crippen MR) is 91.8 cm³/mol. The summed E-state index contributed by atoms with van der Waals surface area (Å²) < 4.78 is 6.10. The summed E-state index contributed by atoms with van der Waals surface area (Å²) in [5.74, 6) is 0.618. The molecule has 0 bridgehead atoms. The Bertz CT molecular complexity index is 607. The molecule has 0 N–H and O–H groups in total. The van der Waals surface area contributed by atoms with Gasteiger partial charge in [-0.25, -0.2) is 9.79 Å². The first kappa shape index (κ1) is 17.5.